The fourth-order valence-electron chi connectivity index (χ4n) is 4.46. The van der Waals surface area contributed by atoms with Crippen molar-refractivity contribution < 1.29 is 14.4 Å². The summed E-state index contributed by atoms with van der Waals surface area (Å²) in [4.78, 5) is 41.5. The Bertz CT molecular complexity index is 1210. The molecule has 2 aliphatic rings. The second-order valence-corrected chi connectivity index (χ2v) is 9.78. The van der Waals surface area contributed by atoms with Gasteiger partial charge in [-0.1, -0.05) is 35.9 Å². The van der Waals surface area contributed by atoms with Gasteiger partial charge in [-0.15, -0.1) is 11.3 Å². The van der Waals surface area contributed by atoms with Gasteiger partial charge in [-0.05, 0) is 59.7 Å². The fraction of sp³-hybridized carbons (Fsp3) is 0.240. The highest BCUT2D eigenvalue weighted by Crippen LogP contribution is 2.32. The van der Waals surface area contributed by atoms with E-state index in [4.69, 9.17) is 11.6 Å². The monoisotopic (exact) mass is 479 g/mol. The van der Waals surface area contributed by atoms with Crippen LogP contribution in [0.4, 0.5) is 5.69 Å². The average molecular weight is 480 g/mol. The lowest BCUT2D eigenvalue weighted by atomic mass is 9.95. The summed E-state index contributed by atoms with van der Waals surface area (Å²) >= 11 is 7.54. The van der Waals surface area contributed by atoms with Crippen molar-refractivity contribution in [2.75, 3.05) is 11.9 Å². The molecule has 2 aromatic carbocycles. The van der Waals surface area contributed by atoms with Gasteiger partial charge in [0.05, 0.1) is 17.7 Å². The third-order valence-electron chi connectivity index (χ3n) is 6.13. The molecule has 0 spiro atoms. The molecule has 33 heavy (non-hydrogen) atoms. The minimum Gasteiger partial charge on any atom is -0.353 e. The molecule has 168 valence electrons. The van der Waals surface area contributed by atoms with Gasteiger partial charge in [-0.2, -0.15) is 0 Å². The molecule has 0 bridgehead atoms. The number of piperidine rings is 1. The number of hydrogen-bond acceptors (Lipinski definition) is 4. The van der Waals surface area contributed by atoms with Crippen LogP contribution in [0.15, 0.2) is 60.0 Å². The van der Waals surface area contributed by atoms with E-state index >= 15 is 0 Å². The van der Waals surface area contributed by atoms with Gasteiger partial charge in [0.2, 0.25) is 11.8 Å². The van der Waals surface area contributed by atoms with Crippen LogP contribution in [0.2, 0.25) is 5.02 Å². The molecule has 0 unspecified atom stereocenters. The minimum atomic E-state index is -0.621. The Morgan fingerprint density at radius 3 is 2.67 bits per heavy atom. The number of carbonyl (C=O) groups excluding carboxylic acids is 3. The van der Waals surface area contributed by atoms with Crippen molar-refractivity contribution in [3.05, 3.63) is 75.4 Å². The molecule has 3 heterocycles. The summed E-state index contributed by atoms with van der Waals surface area (Å²) < 4.78 is 0. The number of halogens is 1. The van der Waals surface area contributed by atoms with E-state index in [0.717, 1.165) is 16.0 Å². The van der Waals surface area contributed by atoms with Crippen molar-refractivity contribution in [2.45, 2.75) is 31.3 Å². The molecule has 1 aromatic heterocycles. The van der Waals surface area contributed by atoms with E-state index in [2.05, 4.69) is 10.6 Å². The third kappa shape index (κ3) is 4.51. The Morgan fingerprint density at radius 1 is 1.12 bits per heavy atom. The number of rotatable bonds is 4. The van der Waals surface area contributed by atoms with Gasteiger partial charge in [-0.25, -0.2) is 0 Å². The normalized spacial score (nSPS) is 19.8. The zero-order chi connectivity index (χ0) is 22.9. The van der Waals surface area contributed by atoms with Crippen LogP contribution in [0.5, 0.6) is 0 Å². The number of carbonyl (C=O) groups is 3. The highest BCUT2D eigenvalue weighted by atomic mass is 35.5. The van der Waals surface area contributed by atoms with Crippen LogP contribution in [-0.4, -0.2) is 41.2 Å². The molecular weight excluding hydrogens is 458 g/mol. The van der Waals surface area contributed by atoms with Crippen molar-refractivity contribution in [3.8, 4) is 11.1 Å². The van der Waals surface area contributed by atoms with Crippen LogP contribution >= 0.6 is 22.9 Å². The van der Waals surface area contributed by atoms with Crippen molar-refractivity contribution >= 4 is 46.3 Å². The Morgan fingerprint density at radius 2 is 1.91 bits per heavy atom. The SMILES string of the molecule is O=C(Cc1cccs1)N[C@@H]1CCN2C(=O)c3cc(-c4ccc(Cl)cc4)ccc3NC(=O)[C@@H]2C1. The van der Waals surface area contributed by atoms with Crippen LogP contribution in [0.1, 0.15) is 28.1 Å². The van der Waals surface area contributed by atoms with Crippen molar-refractivity contribution in [1.29, 1.82) is 0 Å². The van der Waals surface area contributed by atoms with Gasteiger partial charge in [0.1, 0.15) is 6.04 Å². The van der Waals surface area contributed by atoms with E-state index in [9.17, 15) is 14.4 Å². The van der Waals surface area contributed by atoms with E-state index in [-0.39, 0.29) is 23.8 Å². The lowest BCUT2D eigenvalue weighted by Gasteiger charge is -2.37. The molecule has 0 radical (unpaired) electrons. The van der Waals surface area contributed by atoms with E-state index in [1.54, 1.807) is 34.4 Å². The zero-order valence-corrected chi connectivity index (χ0v) is 19.3. The molecular formula is C25H22ClN3O3S. The first kappa shape index (κ1) is 21.7. The molecule has 6 nitrogen and oxygen atoms in total. The first-order valence-electron chi connectivity index (χ1n) is 10.8. The Kier molecular flexibility index (Phi) is 5.91. The number of anilines is 1. The maximum Gasteiger partial charge on any atom is 0.256 e. The summed E-state index contributed by atoms with van der Waals surface area (Å²) in [6.07, 6.45) is 1.33. The minimum absolute atomic E-state index is 0.0628. The van der Waals surface area contributed by atoms with Gasteiger partial charge in [0, 0.05) is 22.5 Å². The first-order valence-corrected chi connectivity index (χ1v) is 12.1. The van der Waals surface area contributed by atoms with Gasteiger partial charge >= 0.3 is 0 Å². The summed E-state index contributed by atoms with van der Waals surface area (Å²) in [6, 6.07) is 16.0. The second kappa shape index (κ2) is 9.00. The van der Waals surface area contributed by atoms with Gasteiger partial charge in [0.15, 0.2) is 0 Å². The molecule has 8 heteroatoms. The number of hydrogen-bond donors (Lipinski definition) is 2. The predicted octanol–water partition coefficient (Wildman–Crippen LogP) is 4.35. The van der Waals surface area contributed by atoms with E-state index in [1.165, 1.54) is 0 Å². The Hall–Kier alpha value is -3.16. The number of benzene rings is 2. The second-order valence-electron chi connectivity index (χ2n) is 8.32. The highest BCUT2D eigenvalue weighted by molar-refractivity contribution is 7.10. The molecule has 5 rings (SSSR count). The molecule has 0 aliphatic carbocycles. The topological polar surface area (TPSA) is 78.5 Å². The Labute approximate surface area is 200 Å². The number of thiophene rings is 1. The zero-order valence-electron chi connectivity index (χ0n) is 17.7. The van der Waals surface area contributed by atoms with Gasteiger partial charge < -0.3 is 15.5 Å². The number of nitrogens with one attached hydrogen (secondary N) is 2. The summed E-state index contributed by atoms with van der Waals surface area (Å²) in [6.45, 7) is 0.408. The number of amides is 3. The molecule has 3 aromatic rings. The third-order valence-corrected chi connectivity index (χ3v) is 7.26. The first-order chi connectivity index (χ1) is 16.0. The largest absolute Gasteiger partial charge is 0.353 e. The van der Waals surface area contributed by atoms with Crippen molar-refractivity contribution in [3.63, 3.8) is 0 Å². The van der Waals surface area contributed by atoms with E-state index < -0.39 is 6.04 Å². The lowest BCUT2D eigenvalue weighted by Crippen LogP contribution is -2.55. The summed E-state index contributed by atoms with van der Waals surface area (Å²) in [7, 11) is 0. The van der Waals surface area contributed by atoms with E-state index in [1.807, 2.05) is 41.8 Å². The number of fused-ring (bicyclic) bond motifs is 2. The van der Waals surface area contributed by atoms with E-state index in [0.29, 0.717) is 42.1 Å². The molecule has 3 amide bonds. The standard InChI is InChI=1S/C25H22ClN3O3S/c26-17-6-3-15(4-7-17)16-5-8-21-20(12-16)25(32)29-10-9-18(13-22(29)24(31)28-21)27-23(30)14-19-2-1-11-33-19/h1-8,11-12,18,22H,9-10,13-14H2,(H,27,30)(H,28,31)/t18-,22+/m1/s1. The number of nitrogens with zero attached hydrogens (tertiary/aromatic N) is 1. The average Bonchev–Trinajstić information content (AvgIpc) is 3.29. The summed E-state index contributed by atoms with van der Waals surface area (Å²) in [5.41, 5.74) is 2.80. The highest BCUT2D eigenvalue weighted by Gasteiger charge is 2.40. The van der Waals surface area contributed by atoms with Crippen LogP contribution in [0, 0.1) is 0 Å². The molecule has 2 atom stereocenters. The predicted molar refractivity (Wildman–Crippen MR) is 130 cm³/mol. The van der Waals surface area contributed by atoms with Crippen LogP contribution < -0.4 is 10.6 Å². The molecule has 0 saturated carbocycles. The molecule has 2 N–H and O–H groups in total. The van der Waals surface area contributed by atoms with Crippen molar-refractivity contribution in [2.24, 2.45) is 0 Å². The van der Waals surface area contributed by atoms with Gasteiger partial charge in [-0.3, -0.25) is 14.4 Å². The van der Waals surface area contributed by atoms with Crippen LogP contribution in [0.3, 0.4) is 0 Å². The lowest BCUT2D eigenvalue weighted by molar-refractivity contribution is -0.124. The maximum absolute atomic E-state index is 13.4. The summed E-state index contributed by atoms with van der Waals surface area (Å²) in [5.74, 6) is -0.460. The van der Waals surface area contributed by atoms with Gasteiger partial charge in [0.25, 0.3) is 5.91 Å². The summed E-state index contributed by atoms with van der Waals surface area (Å²) in [5, 5.41) is 8.54. The molecule has 1 saturated heterocycles. The molecule has 2 aliphatic heterocycles. The Balaban J connectivity index is 1.33. The van der Waals surface area contributed by atoms with Crippen molar-refractivity contribution in [1.82, 2.24) is 10.2 Å². The molecule has 1 fully saturated rings. The maximum atomic E-state index is 13.4. The van der Waals surface area contributed by atoms with Crippen LogP contribution in [0.25, 0.3) is 11.1 Å². The fourth-order valence-corrected chi connectivity index (χ4v) is 5.29. The smallest absolute Gasteiger partial charge is 0.256 e. The van der Waals surface area contributed by atoms with Crippen LogP contribution in [-0.2, 0) is 16.0 Å². The quantitative estimate of drug-likeness (QED) is 0.583.